The van der Waals surface area contributed by atoms with Gasteiger partial charge >= 0.3 is 11.9 Å². The van der Waals surface area contributed by atoms with Crippen molar-refractivity contribution < 1.29 is 23.9 Å². The van der Waals surface area contributed by atoms with E-state index in [9.17, 15) is 14.4 Å². The highest BCUT2D eigenvalue weighted by Crippen LogP contribution is 2.61. The van der Waals surface area contributed by atoms with Gasteiger partial charge in [0.25, 0.3) is 0 Å². The van der Waals surface area contributed by atoms with Crippen LogP contribution in [-0.4, -0.2) is 29.9 Å². The Labute approximate surface area is 166 Å². The first-order valence-electron chi connectivity index (χ1n) is 10.9. The van der Waals surface area contributed by atoms with Crippen molar-refractivity contribution in [2.24, 2.45) is 46.8 Å². The third-order valence-electron chi connectivity index (χ3n) is 8.39. The van der Waals surface area contributed by atoms with Gasteiger partial charge in [-0.15, -0.1) is 0 Å². The smallest absolute Gasteiger partial charge is 0.320 e. The van der Waals surface area contributed by atoms with E-state index in [0.29, 0.717) is 36.5 Å². The zero-order valence-electron chi connectivity index (χ0n) is 16.9. The summed E-state index contributed by atoms with van der Waals surface area (Å²) in [5, 5.41) is 0. The fraction of sp³-hybridized carbons (Fsp3) is 0.783. The summed E-state index contributed by atoms with van der Waals surface area (Å²) in [7, 11) is 0. The summed E-state index contributed by atoms with van der Waals surface area (Å²) >= 11 is 0. The average molecular weight is 402 g/mol. The number of hydrogen-bond donors (Lipinski definition) is 0. The third-order valence-corrected chi connectivity index (χ3v) is 8.39. The van der Waals surface area contributed by atoms with E-state index >= 15 is 0 Å². The van der Waals surface area contributed by atoms with Crippen LogP contribution < -0.4 is 0 Å². The lowest BCUT2D eigenvalue weighted by molar-refractivity contribution is -0.202. The minimum atomic E-state index is -0.901. The van der Waals surface area contributed by atoms with Gasteiger partial charge in [0.2, 0.25) is 0 Å². The summed E-state index contributed by atoms with van der Waals surface area (Å²) in [5.41, 5.74) is -0.901. The molecule has 5 nitrogen and oxygen atoms in total. The molecule has 152 valence electrons. The molecule has 9 atom stereocenters. The van der Waals surface area contributed by atoms with E-state index in [1.165, 1.54) is 0 Å². The van der Waals surface area contributed by atoms with Crippen molar-refractivity contribution in [3.8, 4) is 0 Å². The van der Waals surface area contributed by atoms with Gasteiger partial charge in [-0.3, -0.25) is 14.4 Å². The molecule has 0 unspecified atom stereocenters. The summed E-state index contributed by atoms with van der Waals surface area (Å²) in [6.07, 6.45) is 8.02. The van der Waals surface area contributed by atoms with Gasteiger partial charge in [-0.2, -0.15) is 0 Å². The maximum Gasteiger partial charge on any atom is 0.320 e. The third kappa shape index (κ3) is 2.40. The number of Topliss-reactive ketones (excluding diaryl/α,β-unsaturated/α-hetero) is 1. The van der Waals surface area contributed by atoms with E-state index in [0.717, 1.165) is 19.3 Å². The van der Waals surface area contributed by atoms with Crippen molar-refractivity contribution in [1.29, 1.82) is 0 Å². The summed E-state index contributed by atoms with van der Waals surface area (Å²) < 4.78 is 11.5. The van der Waals surface area contributed by atoms with Crippen LogP contribution in [0.2, 0.25) is 0 Å². The SMILES string of the molecule is CC(C)C(=O)O[C@@H]1[C@H](C)[13CH2][13C@H]2[13C@@H]3[13CH2][13C@]45[13C](=O)[13CH2][13C@H]([13CH2][13C@@H]4[13CH2][13C@@H]3[13CH]=[13CH][13C@@H]12)O[13C]5=O. The lowest BCUT2D eigenvalue weighted by atomic mass is 10.2. The van der Waals surface area contributed by atoms with Gasteiger partial charge in [0, 0.05) is 12.3 Å². The van der Waals surface area contributed by atoms with Crippen molar-refractivity contribution >= 4 is 17.7 Å². The molecule has 6 aliphatic rings. The highest BCUT2D eigenvalue weighted by molar-refractivity contribution is 6.07. The molecule has 0 aromatic heterocycles. The number of ketones is 1. The summed E-state index contributed by atoms with van der Waals surface area (Å²) in [6.45, 7) is 5.89. The Morgan fingerprint density at radius 1 is 1.18 bits per heavy atom. The minimum absolute atomic E-state index is 0.0999. The second-order valence-electron chi connectivity index (χ2n) is 10.2. The highest BCUT2D eigenvalue weighted by atomic mass is 16.7. The van der Waals surface area contributed by atoms with Crippen LogP contribution in [0, 0.1) is 46.8 Å². The Hall–Kier alpha value is -1.65. The van der Waals surface area contributed by atoms with Gasteiger partial charge in [0.05, 0.1) is 5.92 Å². The quantitative estimate of drug-likeness (QED) is 0.307. The Kier molecular flexibility index (Phi) is 4.05. The molecule has 3 saturated carbocycles. The predicted octanol–water partition coefficient (Wildman–Crippen LogP) is 3.31. The molecule has 6 rings (SSSR count). The topological polar surface area (TPSA) is 69.7 Å². The largest absolute Gasteiger partial charge is 0.461 e. The van der Waals surface area contributed by atoms with Crippen molar-refractivity contribution in [2.45, 2.75) is 65.1 Å². The number of rotatable bonds is 2. The van der Waals surface area contributed by atoms with E-state index < -0.39 is 5.41 Å². The van der Waals surface area contributed by atoms with Gasteiger partial charge in [-0.25, -0.2) is 0 Å². The fourth-order valence-corrected chi connectivity index (χ4v) is 7.02. The number of esters is 2. The van der Waals surface area contributed by atoms with Crippen LogP contribution in [0.15, 0.2) is 12.2 Å². The molecule has 2 aliphatic heterocycles. The van der Waals surface area contributed by atoms with Crippen LogP contribution in [-0.2, 0) is 23.9 Å². The summed E-state index contributed by atoms with van der Waals surface area (Å²) in [4.78, 5) is 38.0. The van der Waals surface area contributed by atoms with Gasteiger partial charge in [-0.1, -0.05) is 32.9 Å². The lowest BCUT2D eigenvalue weighted by Crippen LogP contribution is -2.62. The Balaban J connectivity index is 1.44. The molecular formula is C23H30O5. The van der Waals surface area contributed by atoms with Gasteiger partial charge in [0.15, 0.2) is 5.78 Å². The number of carbonyl (C=O) groups is 3. The molecule has 0 aromatic carbocycles. The molecular weight excluding hydrogens is 372 g/mol. The van der Waals surface area contributed by atoms with Gasteiger partial charge < -0.3 is 9.47 Å². The van der Waals surface area contributed by atoms with Crippen LogP contribution in [0.3, 0.4) is 0 Å². The average Bonchev–Trinajstić information content (AvgIpc) is 2.95. The van der Waals surface area contributed by atoms with Gasteiger partial charge in [-0.05, 0) is 55.3 Å². The van der Waals surface area contributed by atoms with Crippen LogP contribution in [0.25, 0.3) is 0 Å². The second kappa shape index (κ2) is 6.17. The first kappa shape index (κ1) is 18.4. The number of fused-ring (bicyclic) bond motifs is 5. The van der Waals surface area contributed by atoms with Crippen LogP contribution >= 0.6 is 0 Å². The number of allylic oxidation sites excluding steroid dienone is 1. The van der Waals surface area contributed by atoms with Crippen molar-refractivity contribution in [3.63, 3.8) is 0 Å². The molecule has 1 spiro atoms. The van der Waals surface area contributed by atoms with Crippen molar-refractivity contribution in [3.05, 3.63) is 12.2 Å². The van der Waals surface area contributed by atoms with E-state index in [-0.39, 0.29) is 47.7 Å². The van der Waals surface area contributed by atoms with Crippen molar-refractivity contribution in [1.82, 2.24) is 0 Å². The van der Waals surface area contributed by atoms with E-state index in [2.05, 4.69) is 19.1 Å². The number of ether oxygens (including phenoxy) is 2. The standard InChI is InChI=1S/C23H30O5/c1-11(2)21(25)28-20-12(3)6-17-16(20)5-4-13-7-14-8-15-9-19(24)23(14,10-18(13)17)22(26)27-15/h4-5,11-18,20H,6-10H2,1-3H3/t12-,13+,14+,15+,16-,17-,18-,20-,23-/m1/s1/i4+1,5+1,6+1,7+1,8+1,9+1,10+1,13+1,14+1,15+1,16+1,17+1,18+1,19+1,22+1,23+1. The lowest BCUT2D eigenvalue weighted by Gasteiger charge is -2.56. The highest BCUT2D eigenvalue weighted by Gasteiger charge is 2.66. The molecule has 2 heterocycles. The zero-order chi connectivity index (χ0) is 19.8. The maximum absolute atomic E-state index is 12.9. The Morgan fingerprint density at radius 3 is 2.68 bits per heavy atom. The van der Waals surface area contributed by atoms with E-state index in [4.69, 9.17) is 9.47 Å². The Bertz CT molecular complexity index is 734. The van der Waals surface area contributed by atoms with E-state index in [1.54, 1.807) is 0 Å². The molecule has 2 saturated heterocycles. The predicted molar refractivity (Wildman–Crippen MR) is 101 cm³/mol. The first-order chi connectivity index (χ1) is 13.3. The monoisotopic (exact) mass is 402 g/mol. The molecule has 0 radical (unpaired) electrons. The Morgan fingerprint density at radius 2 is 1.96 bits per heavy atom. The van der Waals surface area contributed by atoms with Crippen LogP contribution in [0.4, 0.5) is 0 Å². The zero-order valence-corrected chi connectivity index (χ0v) is 16.9. The summed E-state index contributed by atoms with van der Waals surface area (Å²) in [6, 6.07) is 0. The molecule has 2 bridgehead atoms. The molecule has 5 heteroatoms. The maximum atomic E-state index is 12.9. The van der Waals surface area contributed by atoms with Crippen molar-refractivity contribution in [2.75, 3.05) is 0 Å². The molecule has 0 N–H and O–H groups in total. The normalized spacial score (nSPS) is 48.7. The fourth-order valence-electron chi connectivity index (χ4n) is 7.02. The molecule has 0 aromatic rings. The number of hydrogen-bond acceptors (Lipinski definition) is 5. The molecule has 4 aliphatic carbocycles. The summed E-state index contributed by atoms with van der Waals surface area (Å²) in [5.74, 6) is 1.28. The van der Waals surface area contributed by atoms with Crippen LogP contribution in [0.5, 0.6) is 0 Å². The number of carbonyl (C=O) groups excluding carboxylic acids is 3. The van der Waals surface area contributed by atoms with Crippen LogP contribution in [0.1, 0.15) is 52.9 Å². The molecule has 28 heavy (non-hydrogen) atoms. The first-order valence-corrected chi connectivity index (χ1v) is 10.9. The minimum Gasteiger partial charge on any atom is -0.461 e. The second-order valence-corrected chi connectivity index (χ2v) is 10.2. The molecule has 5 fully saturated rings. The van der Waals surface area contributed by atoms with E-state index in [1.807, 2.05) is 13.8 Å². The van der Waals surface area contributed by atoms with Gasteiger partial charge in [0.1, 0.15) is 17.6 Å². The molecule has 0 amide bonds.